The van der Waals surface area contributed by atoms with Crippen LogP contribution in [-0.4, -0.2) is 102 Å². The first-order valence-electron chi connectivity index (χ1n) is 11.2. The first-order valence-corrected chi connectivity index (χ1v) is 16.7. The van der Waals surface area contributed by atoms with Crippen LogP contribution in [0.1, 0.15) is 18.4 Å². The SMILES string of the molecule is O=C(CCC(COS(=O)(=O)O)OS(=O)(=O)O)NC[C@H]1O[C@H](OCc2ccccc2)[CH][C@@H](OS(=O)(=O)O)[C@@H]1OS(=O)(=O)O. The van der Waals surface area contributed by atoms with E-state index >= 15 is 0 Å². The van der Waals surface area contributed by atoms with Crippen LogP contribution < -0.4 is 5.32 Å². The molecule has 5 atom stereocenters. The largest absolute Gasteiger partial charge is 0.397 e. The van der Waals surface area contributed by atoms with Crippen LogP contribution in [0.15, 0.2) is 30.3 Å². The van der Waals surface area contributed by atoms with E-state index in [-0.39, 0.29) is 6.61 Å². The number of rotatable bonds is 17. The van der Waals surface area contributed by atoms with Crippen molar-refractivity contribution in [1.82, 2.24) is 5.32 Å². The zero-order valence-electron chi connectivity index (χ0n) is 20.9. The molecule has 24 heteroatoms. The topological polar surface area (TPSA) is 302 Å². The lowest BCUT2D eigenvalue weighted by Crippen LogP contribution is -2.56. The van der Waals surface area contributed by atoms with E-state index in [9.17, 15) is 43.0 Å². The van der Waals surface area contributed by atoms with Crippen molar-refractivity contribution in [3.63, 3.8) is 0 Å². The third kappa shape index (κ3) is 15.5. The Labute approximate surface area is 241 Å². The molecule has 1 saturated heterocycles. The fourth-order valence-corrected chi connectivity index (χ4v) is 5.14. The fraction of sp³-hybridized carbons (Fsp3) is 0.556. The zero-order chi connectivity index (χ0) is 31.8. The molecule has 1 heterocycles. The Hall–Kier alpha value is -1.91. The number of nitrogens with one attached hydrogen (secondary N) is 1. The van der Waals surface area contributed by atoms with Gasteiger partial charge in [-0.05, 0) is 12.0 Å². The molecular weight excluding hydrogens is 662 g/mol. The highest BCUT2D eigenvalue weighted by Crippen LogP contribution is 2.28. The van der Waals surface area contributed by atoms with Gasteiger partial charge in [-0.15, -0.1) is 0 Å². The van der Waals surface area contributed by atoms with Gasteiger partial charge in [0.2, 0.25) is 5.91 Å². The number of carbonyl (C=O) groups excluding carboxylic acids is 1. The third-order valence-electron chi connectivity index (χ3n) is 4.92. The van der Waals surface area contributed by atoms with Crippen molar-refractivity contribution in [1.29, 1.82) is 0 Å². The summed E-state index contributed by atoms with van der Waals surface area (Å²) in [6.45, 7) is -1.95. The zero-order valence-corrected chi connectivity index (χ0v) is 24.2. The van der Waals surface area contributed by atoms with Crippen molar-refractivity contribution >= 4 is 47.5 Å². The summed E-state index contributed by atoms with van der Waals surface area (Å²) in [5, 5.41) is 2.20. The normalized spacial score (nSPS) is 22.9. The molecule has 20 nitrogen and oxygen atoms in total. The summed E-state index contributed by atoms with van der Waals surface area (Å²) in [5.41, 5.74) is 0.627. The van der Waals surface area contributed by atoms with Gasteiger partial charge >= 0.3 is 41.6 Å². The summed E-state index contributed by atoms with van der Waals surface area (Å²) in [5.74, 6) is -0.955. The highest BCUT2D eigenvalue weighted by molar-refractivity contribution is 7.81. The first-order chi connectivity index (χ1) is 19.2. The van der Waals surface area contributed by atoms with E-state index in [0.29, 0.717) is 5.56 Å². The van der Waals surface area contributed by atoms with Crippen LogP contribution in [0.2, 0.25) is 0 Å². The minimum Gasteiger partial charge on any atom is -0.353 e. The van der Waals surface area contributed by atoms with Crippen molar-refractivity contribution in [2.75, 3.05) is 13.2 Å². The van der Waals surface area contributed by atoms with Crippen molar-refractivity contribution in [2.45, 2.75) is 50.2 Å². The van der Waals surface area contributed by atoms with Gasteiger partial charge < -0.3 is 14.8 Å². The molecule has 1 fully saturated rings. The molecule has 0 aliphatic carbocycles. The number of carbonyl (C=O) groups is 1. The predicted octanol–water partition coefficient (Wildman–Crippen LogP) is -1.59. The lowest BCUT2D eigenvalue weighted by atomic mass is 10.0. The predicted molar refractivity (Wildman–Crippen MR) is 133 cm³/mol. The molecular formula is C18H26NO19S4. The van der Waals surface area contributed by atoms with Crippen LogP contribution in [0.3, 0.4) is 0 Å². The minimum atomic E-state index is -5.30. The third-order valence-corrected chi connectivity index (χ3v) is 6.80. The van der Waals surface area contributed by atoms with E-state index in [4.69, 9.17) is 23.1 Å². The molecule has 1 aliphatic rings. The molecule has 1 radical (unpaired) electrons. The molecule has 1 aromatic carbocycles. The Morgan fingerprint density at radius 2 is 1.50 bits per heavy atom. The van der Waals surface area contributed by atoms with Gasteiger partial charge in [0.25, 0.3) is 0 Å². The second-order valence-electron chi connectivity index (χ2n) is 8.21. The first kappa shape index (κ1) is 36.3. The summed E-state index contributed by atoms with van der Waals surface area (Å²) in [6.07, 6.45) is -9.30. The lowest BCUT2D eigenvalue weighted by molar-refractivity contribution is -0.216. The van der Waals surface area contributed by atoms with E-state index in [2.05, 4.69) is 22.0 Å². The Kier molecular flexibility index (Phi) is 13.1. The Bertz CT molecular complexity index is 1460. The Balaban J connectivity index is 2.15. The number of amides is 1. The fourth-order valence-electron chi connectivity index (χ4n) is 3.36. The Morgan fingerprint density at radius 1 is 0.881 bits per heavy atom. The minimum absolute atomic E-state index is 0.121. The second-order valence-corrected chi connectivity index (χ2v) is 12.4. The monoisotopic (exact) mass is 688 g/mol. The van der Waals surface area contributed by atoms with Gasteiger partial charge in [-0.25, -0.2) is 16.7 Å². The highest BCUT2D eigenvalue weighted by atomic mass is 32.3. The van der Waals surface area contributed by atoms with Gasteiger partial charge in [0, 0.05) is 13.0 Å². The summed E-state index contributed by atoms with van der Waals surface area (Å²) in [4.78, 5) is 12.4. The molecule has 0 spiro atoms. The summed E-state index contributed by atoms with van der Waals surface area (Å²) >= 11 is 0. The average molecular weight is 689 g/mol. The molecule has 241 valence electrons. The van der Waals surface area contributed by atoms with E-state index in [1.165, 1.54) is 0 Å². The van der Waals surface area contributed by atoms with Crippen molar-refractivity contribution < 1.29 is 82.9 Å². The molecule has 1 aromatic rings. The number of ether oxygens (including phenoxy) is 2. The molecule has 0 bridgehead atoms. The van der Waals surface area contributed by atoms with E-state index in [1.807, 2.05) is 0 Å². The van der Waals surface area contributed by atoms with Crippen LogP contribution in [0.5, 0.6) is 0 Å². The maximum absolute atomic E-state index is 12.4. The summed E-state index contributed by atoms with van der Waals surface area (Å²) < 4.78 is 153. The van der Waals surface area contributed by atoms with Crippen molar-refractivity contribution in [3.8, 4) is 0 Å². The lowest BCUT2D eigenvalue weighted by Gasteiger charge is -2.39. The highest BCUT2D eigenvalue weighted by Gasteiger charge is 2.45. The smallest absolute Gasteiger partial charge is 0.353 e. The van der Waals surface area contributed by atoms with Gasteiger partial charge in [0.05, 0.1) is 19.6 Å². The van der Waals surface area contributed by atoms with Crippen LogP contribution in [0, 0.1) is 6.42 Å². The maximum atomic E-state index is 12.4. The van der Waals surface area contributed by atoms with Gasteiger partial charge in [-0.2, -0.15) is 33.7 Å². The summed E-state index contributed by atoms with van der Waals surface area (Å²) in [7, 11) is -20.8. The summed E-state index contributed by atoms with van der Waals surface area (Å²) in [6, 6.07) is 8.41. The maximum Gasteiger partial charge on any atom is 0.397 e. The number of hydrogen-bond donors (Lipinski definition) is 5. The molecule has 0 aromatic heterocycles. The van der Waals surface area contributed by atoms with Crippen LogP contribution in [0.25, 0.3) is 0 Å². The molecule has 1 amide bonds. The molecule has 0 saturated carbocycles. The van der Waals surface area contributed by atoms with E-state index < -0.39 is 104 Å². The quantitative estimate of drug-likeness (QED) is 0.115. The van der Waals surface area contributed by atoms with Crippen molar-refractivity contribution in [2.24, 2.45) is 0 Å². The van der Waals surface area contributed by atoms with E-state index in [1.54, 1.807) is 30.3 Å². The van der Waals surface area contributed by atoms with Gasteiger partial charge in [0.15, 0.2) is 6.29 Å². The van der Waals surface area contributed by atoms with Gasteiger partial charge in [0.1, 0.15) is 24.4 Å². The van der Waals surface area contributed by atoms with Crippen LogP contribution in [0.4, 0.5) is 0 Å². The standard InChI is InChI=1S/C18H26NO19S4/c20-16(7-6-13(36-40(24,25)26)11-34-39(21,22)23)19-9-15-18(38-42(30,31)32)14(37-41(27,28)29)8-17(35-15)33-10-12-4-2-1-3-5-12/h1-5,8,13-15,17-18H,6-7,9-11H2,(H,19,20)(H,21,22,23)(H,24,25,26)(H,27,28,29)(H,30,31,32)/t13?,14-,15-,17+,18+/m1/s1. The second kappa shape index (κ2) is 15.2. The Morgan fingerprint density at radius 3 is 2.05 bits per heavy atom. The number of hydrogen-bond acceptors (Lipinski definition) is 15. The molecule has 5 N–H and O–H groups in total. The van der Waals surface area contributed by atoms with E-state index in [0.717, 1.165) is 6.42 Å². The van der Waals surface area contributed by atoms with Crippen molar-refractivity contribution in [3.05, 3.63) is 42.3 Å². The van der Waals surface area contributed by atoms with Crippen LogP contribution >= 0.6 is 0 Å². The number of benzene rings is 1. The van der Waals surface area contributed by atoms with Crippen LogP contribution in [-0.2, 0) is 79.2 Å². The van der Waals surface area contributed by atoms with Gasteiger partial charge in [-0.1, -0.05) is 30.3 Å². The molecule has 1 unspecified atom stereocenters. The molecule has 42 heavy (non-hydrogen) atoms. The average Bonchev–Trinajstić information content (AvgIpc) is 2.82. The van der Waals surface area contributed by atoms with Gasteiger partial charge in [-0.3, -0.25) is 23.0 Å². The molecule has 2 rings (SSSR count). The molecule has 1 aliphatic heterocycles.